The minimum atomic E-state index is 0.0470. The summed E-state index contributed by atoms with van der Waals surface area (Å²) in [5.74, 6) is 2.42. The van der Waals surface area contributed by atoms with Gasteiger partial charge in [-0.3, -0.25) is 4.79 Å². The predicted molar refractivity (Wildman–Crippen MR) is 66.5 cm³/mol. The van der Waals surface area contributed by atoms with Crippen LogP contribution in [0.4, 0.5) is 0 Å². The number of thioether (sulfide) groups is 1. The van der Waals surface area contributed by atoms with Crippen molar-refractivity contribution in [2.24, 2.45) is 16.8 Å². The summed E-state index contributed by atoms with van der Waals surface area (Å²) in [6.45, 7) is 2.25. The summed E-state index contributed by atoms with van der Waals surface area (Å²) < 4.78 is 0. The molecule has 1 saturated heterocycles. The van der Waals surface area contributed by atoms with Gasteiger partial charge in [-0.15, -0.1) is 0 Å². The Hall–Kier alpha value is -0.510. The second-order valence-electron chi connectivity index (χ2n) is 5.12. The third-order valence-electron chi connectivity index (χ3n) is 4.11. The van der Waals surface area contributed by atoms with Gasteiger partial charge < -0.3 is 4.90 Å². The van der Waals surface area contributed by atoms with Crippen LogP contribution in [0.3, 0.4) is 0 Å². The number of amidine groups is 1. The first kappa shape index (κ1) is 10.6. The molecule has 2 aliphatic heterocycles. The van der Waals surface area contributed by atoms with Gasteiger partial charge in [-0.1, -0.05) is 31.0 Å². The maximum atomic E-state index is 11.1. The van der Waals surface area contributed by atoms with Gasteiger partial charge in [0.25, 0.3) is 5.91 Å². The van der Waals surface area contributed by atoms with E-state index in [-0.39, 0.29) is 5.91 Å². The lowest BCUT2D eigenvalue weighted by Gasteiger charge is -2.41. The predicted octanol–water partition coefficient (Wildman–Crippen LogP) is 2.13. The van der Waals surface area contributed by atoms with Gasteiger partial charge in [-0.25, -0.2) is 0 Å². The lowest BCUT2D eigenvalue weighted by molar-refractivity contribution is -0.115. The highest BCUT2D eigenvalue weighted by atomic mass is 32.2. The molecule has 1 saturated carbocycles. The van der Waals surface area contributed by atoms with E-state index in [9.17, 15) is 4.79 Å². The minimum Gasteiger partial charge on any atom is -0.351 e. The fourth-order valence-electron chi connectivity index (χ4n) is 3.23. The summed E-state index contributed by atoms with van der Waals surface area (Å²) >= 11 is 1.62. The molecule has 1 aliphatic carbocycles. The number of nitrogens with zero attached hydrogens (tertiary/aromatic N) is 2. The Kier molecular flexibility index (Phi) is 2.92. The van der Waals surface area contributed by atoms with E-state index in [4.69, 9.17) is 0 Å². The zero-order chi connectivity index (χ0) is 11.0. The molecule has 2 heterocycles. The molecular weight excluding hydrogens is 220 g/mol. The number of rotatable bonds is 0. The second-order valence-corrected chi connectivity index (χ2v) is 6.06. The summed E-state index contributed by atoms with van der Waals surface area (Å²) in [5, 5.41) is 0.994. The van der Waals surface area contributed by atoms with Crippen LogP contribution in [0.5, 0.6) is 0 Å². The van der Waals surface area contributed by atoms with E-state index in [0.29, 0.717) is 5.75 Å². The normalized spacial score (nSPS) is 34.9. The summed E-state index contributed by atoms with van der Waals surface area (Å²) in [6.07, 6.45) is 6.94. The van der Waals surface area contributed by atoms with Crippen LogP contribution < -0.4 is 0 Å². The third kappa shape index (κ3) is 1.99. The Balaban J connectivity index is 1.66. The van der Waals surface area contributed by atoms with Gasteiger partial charge in [-0.2, -0.15) is 4.99 Å². The van der Waals surface area contributed by atoms with Gasteiger partial charge >= 0.3 is 0 Å². The lowest BCUT2D eigenvalue weighted by atomic mass is 9.75. The van der Waals surface area contributed by atoms with E-state index < -0.39 is 0 Å². The van der Waals surface area contributed by atoms with Gasteiger partial charge in [0.05, 0.1) is 5.75 Å². The van der Waals surface area contributed by atoms with Gasteiger partial charge in [-0.05, 0) is 24.7 Å². The van der Waals surface area contributed by atoms with E-state index in [1.165, 1.54) is 32.1 Å². The van der Waals surface area contributed by atoms with E-state index in [0.717, 1.165) is 30.1 Å². The van der Waals surface area contributed by atoms with Crippen molar-refractivity contribution in [3.63, 3.8) is 0 Å². The van der Waals surface area contributed by atoms with Crippen molar-refractivity contribution in [2.75, 3.05) is 18.8 Å². The molecule has 88 valence electrons. The van der Waals surface area contributed by atoms with E-state index in [2.05, 4.69) is 9.89 Å². The van der Waals surface area contributed by atoms with E-state index in [1.54, 1.807) is 11.8 Å². The molecule has 0 spiro atoms. The molecule has 3 nitrogen and oxygen atoms in total. The lowest BCUT2D eigenvalue weighted by Crippen LogP contribution is -2.43. The summed E-state index contributed by atoms with van der Waals surface area (Å²) in [5.41, 5.74) is 0. The Bertz CT molecular complexity index is 329. The van der Waals surface area contributed by atoms with Crippen LogP contribution in [-0.4, -0.2) is 34.8 Å². The quantitative estimate of drug-likeness (QED) is 0.648. The molecule has 2 fully saturated rings. The van der Waals surface area contributed by atoms with E-state index >= 15 is 0 Å². The van der Waals surface area contributed by atoms with Gasteiger partial charge in [0, 0.05) is 13.1 Å². The van der Waals surface area contributed by atoms with Gasteiger partial charge in [0.1, 0.15) is 0 Å². The topological polar surface area (TPSA) is 32.7 Å². The minimum absolute atomic E-state index is 0.0470. The fourth-order valence-corrected chi connectivity index (χ4v) is 4.07. The van der Waals surface area contributed by atoms with Crippen molar-refractivity contribution >= 4 is 22.8 Å². The average Bonchev–Trinajstić information content (AvgIpc) is 2.75. The van der Waals surface area contributed by atoms with Gasteiger partial charge in [0.2, 0.25) is 0 Å². The molecule has 0 aromatic heterocycles. The van der Waals surface area contributed by atoms with Crippen LogP contribution >= 0.6 is 11.8 Å². The van der Waals surface area contributed by atoms with Crippen LogP contribution in [0, 0.1) is 11.8 Å². The first-order chi connectivity index (χ1) is 7.83. The first-order valence-corrected chi connectivity index (χ1v) is 7.31. The van der Waals surface area contributed by atoms with Crippen molar-refractivity contribution in [3.05, 3.63) is 0 Å². The number of piperidine rings is 1. The zero-order valence-corrected chi connectivity index (χ0v) is 10.3. The number of carbonyl (C=O) groups is 1. The van der Waals surface area contributed by atoms with Gasteiger partial charge in [0.15, 0.2) is 5.17 Å². The molecule has 1 amide bonds. The Morgan fingerprint density at radius 2 is 2.00 bits per heavy atom. The SMILES string of the molecule is O=C1CSC(N2CCC3CCCCC3C2)=N1. The molecule has 2 atom stereocenters. The highest BCUT2D eigenvalue weighted by molar-refractivity contribution is 8.14. The van der Waals surface area contributed by atoms with Crippen LogP contribution in [0.2, 0.25) is 0 Å². The van der Waals surface area contributed by atoms with Crippen molar-refractivity contribution in [2.45, 2.75) is 32.1 Å². The number of hydrogen-bond acceptors (Lipinski definition) is 3. The molecule has 4 heteroatoms. The van der Waals surface area contributed by atoms with E-state index in [1.807, 2.05) is 0 Å². The van der Waals surface area contributed by atoms with Crippen molar-refractivity contribution in [3.8, 4) is 0 Å². The molecule has 3 aliphatic rings. The monoisotopic (exact) mass is 238 g/mol. The third-order valence-corrected chi connectivity index (χ3v) is 5.11. The number of likely N-dealkylation sites (tertiary alicyclic amines) is 1. The first-order valence-electron chi connectivity index (χ1n) is 6.32. The second kappa shape index (κ2) is 4.40. The average molecular weight is 238 g/mol. The molecular formula is C12H18N2OS. The largest absolute Gasteiger partial charge is 0.351 e. The smallest absolute Gasteiger partial charge is 0.258 e. The van der Waals surface area contributed by atoms with Crippen molar-refractivity contribution in [1.82, 2.24) is 4.90 Å². The molecule has 3 rings (SSSR count). The summed E-state index contributed by atoms with van der Waals surface area (Å²) in [7, 11) is 0. The number of hydrogen-bond donors (Lipinski definition) is 0. The molecule has 0 N–H and O–H groups in total. The summed E-state index contributed by atoms with van der Waals surface area (Å²) in [4.78, 5) is 17.6. The van der Waals surface area contributed by atoms with Crippen LogP contribution in [-0.2, 0) is 4.79 Å². The number of aliphatic imine (C=N–C) groups is 1. The molecule has 0 radical (unpaired) electrons. The number of carbonyl (C=O) groups excluding carboxylic acids is 1. The molecule has 2 unspecified atom stereocenters. The highest BCUT2D eigenvalue weighted by Gasteiger charge is 2.33. The Morgan fingerprint density at radius 1 is 1.19 bits per heavy atom. The number of amides is 1. The maximum absolute atomic E-state index is 11.1. The summed E-state index contributed by atoms with van der Waals surface area (Å²) in [6, 6.07) is 0. The fraction of sp³-hybridized carbons (Fsp3) is 0.833. The van der Waals surface area contributed by atoms with Crippen LogP contribution in [0.15, 0.2) is 4.99 Å². The van der Waals surface area contributed by atoms with Crippen LogP contribution in [0.1, 0.15) is 32.1 Å². The van der Waals surface area contributed by atoms with Crippen LogP contribution in [0.25, 0.3) is 0 Å². The maximum Gasteiger partial charge on any atom is 0.258 e. The Labute approximate surface area is 101 Å². The molecule has 0 aromatic rings. The zero-order valence-electron chi connectivity index (χ0n) is 9.52. The molecule has 0 aromatic carbocycles. The Morgan fingerprint density at radius 3 is 2.75 bits per heavy atom. The standard InChI is InChI=1S/C12H18N2OS/c15-11-8-16-12(13-11)14-6-5-9-3-1-2-4-10(9)7-14/h9-10H,1-8H2. The van der Waals surface area contributed by atoms with Crippen molar-refractivity contribution < 1.29 is 4.79 Å². The van der Waals surface area contributed by atoms with Crippen molar-refractivity contribution in [1.29, 1.82) is 0 Å². The number of fused-ring (bicyclic) bond motifs is 1. The molecule has 0 bridgehead atoms. The highest BCUT2D eigenvalue weighted by Crippen LogP contribution is 2.37. The molecule has 16 heavy (non-hydrogen) atoms.